The summed E-state index contributed by atoms with van der Waals surface area (Å²) in [7, 11) is 0. The van der Waals surface area contributed by atoms with Crippen molar-refractivity contribution in [2.24, 2.45) is 5.73 Å². The van der Waals surface area contributed by atoms with Crippen molar-refractivity contribution in [1.82, 2.24) is 0 Å². The van der Waals surface area contributed by atoms with Crippen molar-refractivity contribution in [2.45, 2.75) is 0 Å². The van der Waals surface area contributed by atoms with E-state index in [2.05, 4.69) is 12.2 Å². The second-order valence-electron chi connectivity index (χ2n) is 1.83. The molecule has 0 atom stereocenters. The Hall–Kier alpha value is -0.940. The number of hydrogen-bond acceptors (Lipinski definition) is 3. The Morgan fingerprint density at radius 1 is 1.55 bits per heavy atom. The highest BCUT2D eigenvalue weighted by Crippen LogP contribution is 2.15. The maximum absolute atomic E-state index is 10.4. The summed E-state index contributed by atoms with van der Waals surface area (Å²) in [5.41, 5.74) is 5.28. The summed E-state index contributed by atoms with van der Waals surface area (Å²) >= 11 is 5.74. The summed E-state index contributed by atoms with van der Waals surface area (Å²) in [5.74, 6) is -0.947. The van der Waals surface area contributed by atoms with E-state index in [0.29, 0.717) is 4.88 Å². The number of nitrogens with two attached hydrogens (primary N) is 1. The van der Waals surface area contributed by atoms with Crippen LogP contribution in [0.3, 0.4) is 0 Å². The second kappa shape index (κ2) is 2.98. The lowest BCUT2D eigenvalue weighted by atomic mass is 10.4. The molecule has 0 amide bonds. The van der Waals surface area contributed by atoms with Crippen LogP contribution in [-0.4, -0.2) is 16.1 Å². The monoisotopic (exact) mass is 187 g/mol. The molecule has 0 aromatic carbocycles. The largest absolute Gasteiger partial charge is 0.477 e. The molecule has 0 aliphatic carbocycles. The van der Waals surface area contributed by atoms with Gasteiger partial charge in [-0.2, -0.15) is 0 Å². The quantitative estimate of drug-likeness (QED) is 0.680. The van der Waals surface area contributed by atoms with Gasteiger partial charge in [0.2, 0.25) is 0 Å². The van der Waals surface area contributed by atoms with Crippen LogP contribution in [0.25, 0.3) is 0 Å². The standard InChI is InChI=1S/C6H5NO2S2/c7-5(10)3-1-2-4(11-3)6(8)9/h1-2H,(H2,7,10)(H,8,9). The number of thiophene rings is 1. The van der Waals surface area contributed by atoms with Crippen LogP contribution in [0.5, 0.6) is 0 Å². The summed E-state index contributed by atoms with van der Waals surface area (Å²) in [4.78, 5) is 11.5. The van der Waals surface area contributed by atoms with Crippen LogP contribution in [0.2, 0.25) is 0 Å². The molecule has 1 aromatic rings. The van der Waals surface area contributed by atoms with Crippen LogP contribution in [0, 0.1) is 0 Å². The van der Waals surface area contributed by atoms with E-state index < -0.39 is 5.97 Å². The van der Waals surface area contributed by atoms with Crippen LogP contribution in [0.15, 0.2) is 12.1 Å². The number of carboxylic acids is 1. The first-order valence-corrected chi connectivity index (χ1v) is 3.96. The molecule has 3 N–H and O–H groups in total. The van der Waals surface area contributed by atoms with Crippen molar-refractivity contribution >= 4 is 34.5 Å². The zero-order valence-electron chi connectivity index (χ0n) is 5.40. The van der Waals surface area contributed by atoms with Gasteiger partial charge in [0.25, 0.3) is 0 Å². The minimum atomic E-state index is -0.947. The molecular formula is C6H5NO2S2. The third-order valence-electron chi connectivity index (χ3n) is 1.06. The van der Waals surface area contributed by atoms with Gasteiger partial charge in [0, 0.05) is 0 Å². The molecule has 0 spiro atoms. The van der Waals surface area contributed by atoms with Gasteiger partial charge >= 0.3 is 5.97 Å². The van der Waals surface area contributed by atoms with Gasteiger partial charge in [-0.15, -0.1) is 11.3 Å². The lowest BCUT2D eigenvalue weighted by molar-refractivity contribution is 0.0702. The van der Waals surface area contributed by atoms with E-state index in [0.717, 1.165) is 11.3 Å². The van der Waals surface area contributed by atoms with Crippen LogP contribution in [0.4, 0.5) is 0 Å². The first-order valence-electron chi connectivity index (χ1n) is 2.74. The predicted molar refractivity (Wildman–Crippen MR) is 47.2 cm³/mol. The highest BCUT2D eigenvalue weighted by atomic mass is 32.1. The zero-order chi connectivity index (χ0) is 8.43. The smallest absolute Gasteiger partial charge is 0.345 e. The normalized spacial score (nSPS) is 9.45. The van der Waals surface area contributed by atoms with Gasteiger partial charge in [-0.1, -0.05) is 12.2 Å². The van der Waals surface area contributed by atoms with Crippen molar-refractivity contribution in [3.63, 3.8) is 0 Å². The van der Waals surface area contributed by atoms with Crippen LogP contribution in [0.1, 0.15) is 14.5 Å². The molecule has 5 heteroatoms. The van der Waals surface area contributed by atoms with Crippen LogP contribution >= 0.6 is 23.6 Å². The first kappa shape index (κ1) is 8.16. The molecule has 1 heterocycles. The number of thiocarbonyl (C=S) groups is 1. The molecule has 0 fully saturated rings. The molecule has 0 bridgehead atoms. The van der Waals surface area contributed by atoms with E-state index in [1.807, 2.05) is 0 Å². The summed E-state index contributed by atoms with van der Waals surface area (Å²) < 4.78 is 0. The molecule has 3 nitrogen and oxygen atoms in total. The van der Waals surface area contributed by atoms with Gasteiger partial charge in [0.15, 0.2) is 0 Å². The van der Waals surface area contributed by atoms with E-state index in [1.54, 1.807) is 6.07 Å². The number of hydrogen-bond donors (Lipinski definition) is 2. The van der Waals surface area contributed by atoms with Gasteiger partial charge < -0.3 is 10.8 Å². The van der Waals surface area contributed by atoms with Crippen LogP contribution in [-0.2, 0) is 0 Å². The summed E-state index contributed by atoms with van der Waals surface area (Å²) in [6.45, 7) is 0. The van der Waals surface area contributed by atoms with Gasteiger partial charge in [-0.05, 0) is 12.1 Å². The Morgan fingerprint density at radius 2 is 2.09 bits per heavy atom. The first-order chi connectivity index (χ1) is 5.11. The molecule has 1 aromatic heterocycles. The molecule has 0 aliphatic heterocycles. The molecule has 1 rings (SSSR count). The van der Waals surface area contributed by atoms with E-state index in [4.69, 9.17) is 10.8 Å². The lowest BCUT2D eigenvalue weighted by Crippen LogP contribution is -2.06. The number of carbonyl (C=O) groups is 1. The van der Waals surface area contributed by atoms with Crippen molar-refractivity contribution in [3.05, 3.63) is 21.9 Å². The van der Waals surface area contributed by atoms with Crippen molar-refractivity contribution in [3.8, 4) is 0 Å². The Balaban J connectivity index is 2.99. The molecule has 0 radical (unpaired) electrons. The number of aromatic carboxylic acids is 1. The average Bonchev–Trinajstić information content (AvgIpc) is 2.33. The van der Waals surface area contributed by atoms with E-state index in [9.17, 15) is 4.79 Å². The second-order valence-corrected chi connectivity index (χ2v) is 3.36. The maximum atomic E-state index is 10.4. The number of rotatable bonds is 2. The lowest BCUT2D eigenvalue weighted by Gasteiger charge is -1.86. The van der Waals surface area contributed by atoms with Crippen LogP contribution < -0.4 is 5.73 Å². The third kappa shape index (κ3) is 1.75. The van der Waals surface area contributed by atoms with Gasteiger partial charge in [-0.25, -0.2) is 4.79 Å². The fourth-order valence-corrected chi connectivity index (χ4v) is 1.48. The molecule has 0 aliphatic rings. The van der Waals surface area contributed by atoms with Gasteiger partial charge in [0.1, 0.15) is 9.87 Å². The highest BCUT2D eigenvalue weighted by Gasteiger charge is 2.07. The summed E-state index contributed by atoms with van der Waals surface area (Å²) in [6.07, 6.45) is 0. The fraction of sp³-hybridized carbons (Fsp3) is 0. The molecule has 58 valence electrons. The van der Waals surface area contributed by atoms with Crippen molar-refractivity contribution in [1.29, 1.82) is 0 Å². The Labute approximate surface area is 72.5 Å². The SMILES string of the molecule is NC(=S)c1ccc(C(=O)O)s1. The predicted octanol–water partition coefficient (Wildman–Crippen LogP) is 1.08. The minimum Gasteiger partial charge on any atom is -0.477 e. The van der Waals surface area contributed by atoms with E-state index >= 15 is 0 Å². The Bertz CT molecular complexity index is 277. The molecule has 0 unspecified atom stereocenters. The van der Waals surface area contributed by atoms with E-state index in [1.165, 1.54) is 6.07 Å². The third-order valence-corrected chi connectivity index (χ3v) is 2.52. The van der Waals surface area contributed by atoms with Crippen molar-refractivity contribution < 1.29 is 9.90 Å². The number of carboxylic acid groups (broad SMARTS) is 1. The fourth-order valence-electron chi connectivity index (χ4n) is 0.585. The maximum Gasteiger partial charge on any atom is 0.345 e. The summed E-state index contributed by atoms with van der Waals surface area (Å²) in [5, 5.41) is 8.51. The molecule has 0 saturated carbocycles. The van der Waals surface area contributed by atoms with Gasteiger partial charge in [-0.3, -0.25) is 0 Å². The topological polar surface area (TPSA) is 63.3 Å². The van der Waals surface area contributed by atoms with E-state index in [-0.39, 0.29) is 9.87 Å². The van der Waals surface area contributed by atoms with Gasteiger partial charge in [0.05, 0.1) is 4.88 Å². The molecule has 0 saturated heterocycles. The highest BCUT2D eigenvalue weighted by molar-refractivity contribution is 7.81. The summed E-state index contributed by atoms with van der Waals surface area (Å²) in [6, 6.07) is 3.10. The Morgan fingerprint density at radius 3 is 2.36 bits per heavy atom. The molecule has 11 heavy (non-hydrogen) atoms. The molecular weight excluding hydrogens is 182 g/mol. The van der Waals surface area contributed by atoms with Crippen molar-refractivity contribution in [2.75, 3.05) is 0 Å². The average molecular weight is 187 g/mol. The minimum absolute atomic E-state index is 0.238. The Kier molecular flexibility index (Phi) is 2.21. The zero-order valence-corrected chi connectivity index (χ0v) is 7.04.